The monoisotopic (exact) mass is 378 g/mol. The normalized spacial score (nSPS) is 28.1. The van der Waals surface area contributed by atoms with Crippen LogP contribution in [0.3, 0.4) is 0 Å². The molecule has 0 heterocycles. The molecule has 0 spiro atoms. The molecule has 28 heavy (non-hydrogen) atoms. The molecular formula is C28H42. The van der Waals surface area contributed by atoms with Gasteiger partial charge < -0.3 is 0 Å². The molecule has 0 N–H and O–H groups in total. The molecule has 0 heteroatoms. The zero-order valence-electron chi connectivity index (χ0n) is 18.4. The first-order valence-electron chi connectivity index (χ1n) is 12.2. The Bertz CT molecular complexity index is 597. The third kappa shape index (κ3) is 6.64. The molecule has 154 valence electrons. The van der Waals surface area contributed by atoms with Crippen LogP contribution < -0.4 is 0 Å². The van der Waals surface area contributed by atoms with E-state index in [4.69, 9.17) is 0 Å². The van der Waals surface area contributed by atoms with Gasteiger partial charge in [-0.25, -0.2) is 0 Å². The molecule has 0 saturated heterocycles. The molecule has 0 radical (unpaired) electrons. The molecule has 0 nitrogen and oxygen atoms in total. The highest BCUT2D eigenvalue weighted by Crippen LogP contribution is 2.35. The summed E-state index contributed by atoms with van der Waals surface area (Å²) in [4.78, 5) is 0. The quantitative estimate of drug-likeness (QED) is 0.298. The van der Waals surface area contributed by atoms with Gasteiger partial charge in [0.05, 0.1) is 0 Å². The molecule has 0 aromatic heterocycles. The van der Waals surface area contributed by atoms with E-state index in [9.17, 15) is 0 Å². The number of aryl methyl sites for hydroxylation is 1. The lowest BCUT2D eigenvalue weighted by atomic mass is 9.78. The summed E-state index contributed by atoms with van der Waals surface area (Å²) < 4.78 is 0. The van der Waals surface area contributed by atoms with E-state index in [1.807, 2.05) is 0 Å². The van der Waals surface area contributed by atoms with E-state index in [1.54, 1.807) is 0 Å². The Balaban J connectivity index is 1.41. The number of hydrogen-bond acceptors (Lipinski definition) is 0. The van der Waals surface area contributed by atoms with E-state index >= 15 is 0 Å². The van der Waals surface area contributed by atoms with Crippen molar-refractivity contribution < 1.29 is 0 Å². The van der Waals surface area contributed by atoms with Crippen LogP contribution in [0.15, 0.2) is 48.6 Å². The smallest absolute Gasteiger partial charge is 0.00185 e. The Kier molecular flexibility index (Phi) is 8.90. The summed E-state index contributed by atoms with van der Waals surface area (Å²) in [6.45, 7) is 4.57. The first kappa shape index (κ1) is 21.4. The molecule has 1 saturated carbocycles. The highest BCUT2D eigenvalue weighted by molar-refractivity contribution is 5.29. The van der Waals surface area contributed by atoms with E-state index < -0.39 is 0 Å². The second-order valence-electron chi connectivity index (χ2n) is 9.39. The van der Waals surface area contributed by atoms with Gasteiger partial charge in [-0.15, -0.1) is 0 Å². The van der Waals surface area contributed by atoms with E-state index in [-0.39, 0.29) is 0 Å². The third-order valence-electron chi connectivity index (χ3n) is 7.09. The average Bonchev–Trinajstić information content (AvgIpc) is 2.75. The fourth-order valence-electron chi connectivity index (χ4n) is 5.15. The largest absolute Gasteiger partial charge is 0.0848 e. The van der Waals surface area contributed by atoms with Crippen LogP contribution >= 0.6 is 0 Å². The fraction of sp³-hybridized carbons (Fsp3) is 0.643. The molecule has 3 rings (SSSR count). The van der Waals surface area contributed by atoms with Gasteiger partial charge >= 0.3 is 0 Å². The van der Waals surface area contributed by atoms with Crippen molar-refractivity contribution in [1.82, 2.24) is 0 Å². The van der Waals surface area contributed by atoms with Crippen molar-refractivity contribution in [2.45, 2.75) is 96.8 Å². The van der Waals surface area contributed by atoms with Gasteiger partial charge in [0, 0.05) is 5.92 Å². The number of allylic oxidation sites excluding steroid dienone is 4. The maximum atomic E-state index is 2.57. The van der Waals surface area contributed by atoms with E-state index in [0.29, 0.717) is 11.8 Å². The molecule has 1 aromatic carbocycles. The van der Waals surface area contributed by atoms with E-state index in [1.165, 1.54) is 88.2 Å². The molecule has 2 atom stereocenters. The molecule has 2 aliphatic carbocycles. The molecule has 0 amide bonds. The third-order valence-corrected chi connectivity index (χ3v) is 7.09. The highest BCUT2D eigenvalue weighted by atomic mass is 14.3. The van der Waals surface area contributed by atoms with Crippen molar-refractivity contribution in [1.29, 1.82) is 0 Å². The van der Waals surface area contributed by atoms with Crippen LogP contribution in [-0.4, -0.2) is 0 Å². The lowest BCUT2D eigenvalue weighted by molar-refractivity contribution is 0.289. The predicted molar refractivity (Wildman–Crippen MR) is 124 cm³/mol. The van der Waals surface area contributed by atoms with Gasteiger partial charge in [0.15, 0.2) is 0 Å². The molecule has 0 aliphatic heterocycles. The van der Waals surface area contributed by atoms with Gasteiger partial charge in [0.25, 0.3) is 0 Å². The van der Waals surface area contributed by atoms with Gasteiger partial charge in [0.1, 0.15) is 0 Å². The van der Waals surface area contributed by atoms with Crippen molar-refractivity contribution >= 4 is 0 Å². The topological polar surface area (TPSA) is 0 Å². The van der Waals surface area contributed by atoms with Gasteiger partial charge in [0.2, 0.25) is 0 Å². The minimum absolute atomic E-state index is 0.624. The number of unbranched alkanes of at least 4 members (excludes halogenated alkanes) is 2. The second-order valence-corrected chi connectivity index (χ2v) is 9.39. The number of benzene rings is 1. The standard InChI is InChI=1S/C28H42/c1-3-5-6-8-24-9-11-25(12-10-24)13-14-26-17-21-28(22-18-26)27-19-15-23(7-4-2)16-20-27/h13-17,19-21,24-26,28H,3-12,18,22H2,1-2H3/b14-13+. The van der Waals surface area contributed by atoms with Gasteiger partial charge in [-0.1, -0.05) is 94.5 Å². The Labute approximate surface area is 174 Å². The van der Waals surface area contributed by atoms with Crippen LogP contribution in [0.4, 0.5) is 0 Å². The van der Waals surface area contributed by atoms with Crippen LogP contribution in [0, 0.1) is 17.8 Å². The summed E-state index contributed by atoms with van der Waals surface area (Å²) in [6.07, 6.45) is 26.6. The maximum absolute atomic E-state index is 2.57. The first-order valence-corrected chi connectivity index (χ1v) is 12.2. The zero-order chi connectivity index (χ0) is 19.6. The number of rotatable bonds is 9. The zero-order valence-corrected chi connectivity index (χ0v) is 18.4. The van der Waals surface area contributed by atoms with Crippen LogP contribution in [0.1, 0.15) is 102 Å². The Morgan fingerprint density at radius 3 is 2.21 bits per heavy atom. The molecule has 2 unspecified atom stereocenters. The summed E-state index contributed by atoms with van der Waals surface area (Å²) in [5.41, 5.74) is 2.98. The SMILES string of the molecule is CCCCCC1CCC(/C=C/C2C=CC(c3ccc(CCC)cc3)CC2)CC1. The van der Waals surface area contributed by atoms with Crippen molar-refractivity contribution in [2.24, 2.45) is 17.8 Å². The van der Waals surface area contributed by atoms with Crippen LogP contribution in [0.25, 0.3) is 0 Å². The molecule has 0 bridgehead atoms. The van der Waals surface area contributed by atoms with Gasteiger partial charge in [-0.3, -0.25) is 0 Å². The van der Waals surface area contributed by atoms with Crippen molar-refractivity contribution in [3.8, 4) is 0 Å². The highest BCUT2D eigenvalue weighted by Gasteiger charge is 2.20. The van der Waals surface area contributed by atoms with Crippen molar-refractivity contribution in [3.63, 3.8) is 0 Å². The minimum atomic E-state index is 0.624. The van der Waals surface area contributed by atoms with Crippen molar-refractivity contribution in [3.05, 3.63) is 59.7 Å². The second kappa shape index (κ2) is 11.6. The predicted octanol–water partition coefficient (Wildman–Crippen LogP) is 8.63. The summed E-state index contributed by atoms with van der Waals surface area (Å²) in [7, 11) is 0. The molecule has 1 aromatic rings. The van der Waals surface area contributed by atoms with Crippen LogP contribution in [0.5, 0.6) is 0 Å². The fourth-order valence-corrected chi connectivity index (χ4v) is 5.15. The summed E-state index contributed by atoms with van der Waals surface area (Å²) in [6, 6.07) is 9.37. The van der Waals surface area contributed by atoms with Crippen LogP contribution in [0.2, 0.25) is 0 Å². The lowest BCUT2D eigenvalue weighted by Crippen LogP contribution is -2.13. The molecular weight excluding hydrogens is 336 g/mol. The first-order chi connectivity index (χ1) is 13.8. The minimum Gasteiger partial charge on any atom is -0.0848 e. The summed E-state index contributed by atoms with van der Waals surface area (Å²) in [5.74, 6) is 3.16. The summed E-state index contributed by atoms with van der Waals surface area (Å²) >= 11 is 0. The van der Waals surface area contributed by atoms with E-state index in [2.05, 4.69) is 62.4 Å². The molecule has 1 fully saturated rings. The Hall–Kier alpha value is -1.30. The lowest BCUT2D eigenvalue weighted by Gasteiger charge is -2.27. The van der Waals surface area contributed by atoms with Crippen LogP contribution in [-0.2, 0) is 6.42 Å². The maximum Gasteiger partial charge on any atom is 0.00185 e. The molecule has 2 aliphatic rings. The van der Waals surface area contributed by atoms with Crippen molar-refractivity contribution in [2.75, 3.05) is 0 Å². The van der Waals surface area contributed by atoms with Gasteiger partial charge in [-0.05, 0) is 73.8 Å². The average molecular weight is 379 g/mol. The Morgan fingerprint density at radius 2 is 1.57 bits per heavy atom. The Morgan fingerprint density at radius 1 is 0.786 bits per heavy atom. The van der Waals surface area contributed by atoms with E-state index in [0.717, 1.165) is 11.8 Å². The summed E-state index contributed by atoms with van der Waals surface area (Å²) in [5, 5.41) is 0. The van der Waals surface area contributed by atoms with Gasteiger partial charge in [-0.2, -0.15) is 0 Å². The number of hydrogen-bond donors (Lipinski definition) is 0.